The van der Waals surface area contributed by atoms with Gasteiger partial charge < -0.3 is 5.32 Å². The zero-order valence-electron chi connectivity index (χ0n) is 10.7. The lowest BCUT2D eigenvalue weighted by atomic mass is 10.0. The van der Waals surface area contributed by atoms with Crippen molar-refractivity contribution in [2.24, 2.45) is 4.99 Å². The van der Waals surface area contributed by atoms with Gasteiger partial charge in [0.05, 0.1) is 6.54 Å². The highest BCUT2D eigenvalue weighted by atomic mass is 14.9. The third-order valence-corrected chi connectivity index (χ3v) is 3.24. The summed E-state index contributed by atoms with van der Waals surface area (Å²) < 4.78 is 0. The van der Waals surface area contributed by atoms with E-state index >= 15 is 0 Å². The Labute approximate surface area is 113 Å². The smallest absolute Gasteiger partial charge is 0.0646 e. The summed E-state index contributed by atoms with van der Waals surface area (Å²) >= 11 is 0. The van der Waals surface area contributed by atoms with Crippen molar-refractivity contribution in [1.29, 1.82) is 0 Å². The standard InChI is InChI=1S/C17H16N2/c1-2-6-14(7-3-1)12-19-17-10-11-18-13-15-8-4-5-9-16(15)17/h1-11,19H,12-13H2. The molecular formula is C17H16N2. The Kier molecular flexibility index (Phi) is 3.41. The fraction of sp³-hybridized carbons (Fsp3) is 0.118. The van der Waals surface area contributed by atoms with Crippen molar-refractivity contribution >= 4 is 11.9 Å². The quantitative estimate of drug-likeness (QED) is 0.884. The average Bonchev–Trinajstić information content (AvgIpc) is 2.68. The molecule has 1 heterocycles. The van der Waals surface area contributed by atoms with E-state index in [-0.39, 0.29) is 0 Å². The Morgan fingerprint density at radius 1 is 0.947 bits per heavy atom. The van der Waals surface area contributed by atoms with Gasteiger partial charge in [-0.2, -0.15) is 0 Å². The molecule has 2 aromatic carbocycles. The second-order valence-corrected chi connectivity index (χ2v) is 4.57. The maximum atomic E-state index is 4.38. The van der Waals surface area contributed by atoms with Crippen LogP contribution in [-0.2, 0) is 13.1 Å². The molecule has 1 aliphatic heterocycles. The van der Waals surface area contributed by atoms with Gasteiger partial charge in [-0.3, -0.25) is 4.99 Å². The summed E-state index contributed by atoms with van der Waals surface area (Å²) in [7, 11) is 0. The molecule has 0 saturated heterocycles. The molecule has 19 heavy (non-hydrogen) atoms. The van der Waals surface area contributed by atoms with E-state index in [0.717, 1.165) is 18.8 Å². The third kappa shape index (κ3) is 2.74. The molecule has 94 valence electrons. The molecule has 0 amide bonds. The highest BCUT2D eigenvalue weighted by Gasteiger charge is 2.08. The molecule has 0 bridgehead atoms. The third-order valence-electron chi connectivity index (χ3n) is 3.24. The molecule has 0 radical (unpaired) electrons. The van der Waals surface area contributed by atoms with Crippen LogP contribution in [0.4, 0.5) is 0 Å². The summed E-state index contributed by atoms with van der Waals surface area (Å²) in [5, 5.41) is 3.50. The van der Waals surface area contributed by atoms with E-state index in [1.54, 1.807) is 0 Å². The van der Waals surface area contributed by atoms with Gasteiger partial charge in [0.2, 0.25) is 0 Å². The summed E-state index contributed by atoms with van der Waals surface area (Å²) in [6, 6.07) is 18.8. The average molecular weight is 248 g/mol. The lowest BCUT2D eigenvalue weighted by molar-refractivity contribution is 0.888. The SMILES string of the molecule is C1=NCc2ccccc2C(NCc2ccccc2)=C1. The van der Waals surface area contributed by atoms with Crippen molar-refractivity contribution in [3.05, 3.63) is 77.4 Å². The molecule has 0 aromatic heterocycles. The number of hydrogen-bond donors (Lipinski definition) is 1. The van der Waals surface area contributed by atoms with Crippen LogP contribution < -0.4 is 5.32 Å². The van der Waals surface area contributed by atoms with Crippen molar-refractivity contribution in [2.75, 3.05) is 0 Å². The number of nitrogens with zero attached hydrogens (tertiary/aromatic N) is 1. The van der Waals surface area contributed by atoms with Crippen LogP contribution in [0.1, 0.15) is 16.7 Å². The number of hydrogen-bond acceptors (Lipinski definition) is 2. The minimum Gasteiger partial charge on any atom is -0.380 e. The van der Waals surface area contributed by atoms with Crippen LogP contribution in [0.5, 0.6) is 0 Å². The van der Waals surface area contributed by atoms with Gasteiger partial charge in [-0.1, -0.05) is 54.6 Å². The zero-order chi connectivity index (χ0) is 12.9. The van der Waals surface area contributed by atoms with E-state index in [1.165, 1.54) is 16.7 Å². The Bertz CT molecular complexity index is 612. The largest absolute Gasteiger partial charge is 0.380 e. The molecule has 0 unspecified atom stereocenters. The Morgan fingerprint density at radius 2 is 1.74 bits per heavy atom. The normalized spacial score (nSPS) is 13.4. The van der Waals surface area contributed by atoms with E-state index in [1.807, 2.05) is 12.3 Å². The van der Waals surface area contributed by atoms with Crippen molar-refractivity contribution in [3.8, 4) is 0 Å². The van der Waals surface area contributed by atoms with E-state index in [9.17, 15) is 0 Å². The fourth-order valence-electron chi connectivity index (χ4n) is 2.24. The maximum Gasteiger partial charge on any atom is 0.0646 e. The Balaban J connectivity index is 1.81. The first-order valence-electron chi connectivity index (χ1n) is 6.50. The molecule has 2 heteroatoms. The summed E-state index contributed by atoms with van der Waals surface area (Å²) in [5.41, 5.74) is 4.93. The highest BCUT2D eigenvalue weighted by molar-refractivity contribution is 5.85. The maximum absolute atomic E-state index is 4.38. The van der Waals surface area contributed by atoms with Crippen molar-refractivity contribution < 1.29 is 0 Å². The first-order valence-corrected chi connectivity index (χ1v) is 6.50. The molecule has 3 rings (SSSR count). The molecule has 0 atom stereocenters. The molecule has 0 aliphatic carbocycles. The van der Waals surface area contributed by atoms with Crippen LogP contribution in [0.3, 0.4) is 0 Å². The van der Waals surface area contributed by atoms with Crippen molar-refractivity contribution in [1.82, 2.24) is 5.32 Å². The predicted molar refractivity (Wildman–Crippen MR) is 79.9 cm³/mol. The molecule has 0 fully saturated rings. The van der Waals surface area contributed by atoms with Gasteiger partial charge in [-0.05, 0) is 17.2 Å². The van der Waals surface area contributed by atoms with Crippen LogP contribution in [0.25, 0.3) is 5.70 Å². The van der Waals surface area contributed by atoms with Crippen molar-refractivity contribution in [2.45, 2.75) is 13.1 Å². The lowest BCUT2D eigenvalue weighted by Crippen LogP contribution is -2.12. The molecule has 1 N–H and O–H groups in total. The first-order chi connectivity index (χ1) is 9.43. The molecule has 2 nitrogen and oxygen atoms in total. The number of rotatable bonds is 3. The van der Waals surface area contributed by atoms with E-state index in [0.29, 0.717) is 0 Å². The molecule has 0 spiro atoms. The second-order valence-electron chi connectivity index (χ2n) is 4.57. The number of allylic oxidation sites excluding steroid dienone is 1. The van der Waals surface area contributed by atoms with E-state index in [4.69, 9.17) is 0 Å². The van der Waals surface area contributed by atoms with Crippen LogP contribution in [-0.4, -0.2) is 6.21 Å². The fourth-order valence-corrected chi connectivity index (χ4v) is 2.24. The molecular weight excluding hydrogens is 232 g/mol. The monoisotopic (exact) mass is 248 g/mol. The minimum atomic E-state index is 0.753. The number of nitrogens with one attached hydrogen (secondary N) is 1. The van der Waals surface area contributed by atoms with Crippen LogP contribution in [0.2, 0.25) is 0 Å². The summed E-state index contributed by atoms with van der Waals surface area (Å²) in [4.78, 5) is 4.38. The topological polar surface area (TPSA) is 24.4 Å². The van der Waals surface area contributed by atoms with Gasteiger partial charge in [-0.25, -0.2) is 0 Å². The van der Waals surface area contributed by atoms with Gasteiger partial charge in [0.25, 0.3) is 0 Å². The van der Waals surface area contributed by atoms with Crippen LogP contribution >= 0.6 is 0 Å². The minimum absolute atomic E-state index is 0.753. The lowest BCUT2D eigenvalue weighted by Gasteiger charge is -2.13. The predicted octanol–water partition coefficient (Wildman–Crippen LogP) is 3.40. The second kappa shape index (κ2) is 5.53. The number of aliphatic imine (C=N–C) groups is 1. The van der Waals surface area contributed by atoms with Gasteiger partial charge >= 0.3 is 0 Å². The molecule has 1 aliphatic rings. The van der Waals surface area contributed by atoms with Crippen LogP contribution in [0.15, 0.2) is 65.7 Å². The van der Waals surface area contributed by atoms with E-state index in [2.05, 4.69) is 64.9 Å². The summed E-state index contributed by atoms with van der Waals surface area (Å²) in [6.07, 6.45) is 3.93. The zero-order valence-corrected chi connectivity index (χ0v) is 10.7. The number of fused-ring (bicyclic) bond motifs is 1. The molecule has 0 saturated carbocycles. The highest BCUT2D eigenvalue weighted by Crippen LogP contribution is 2.20. The van der Waals surface area contributed by atoms with Gasteiger partial charge in [0.1, 0.15) is 0 Å². The van der Waals surface area contributed by atoms with Gasteiger partial charge in [-0.15, -0.1) is 0 Å². The number of benzene rings is 2. The van der Waals surface area contributed by atoms with Gasteiger partial charge in [0.15, 0.2) is 0 Å². The van der Waals surface area contributed by atoms with Gasteiger partial charge in [0, 0.05) is 24.0 Å². The molecule has 2 aromatic rings. The summed E-state index contributed by atoms with van der Waals surface area (Å²) in [5.74, 6) is 0. The Hall–Kier alpha value is -2.35. The first kappa shape index (κ1) is 11.7. The Morgan fingerprint density at radius 3 is 2.63 bits per heavy atom. The van der Waals surface area contributed by atoms with Crippen LogP contribution in [0, 0.1) is 0 Å². The van der Waals surface area contributed by atoms with E-state index < -0.39 is 0 Å². The van der Waals surface area contributed by atoms with Crippen molar-refractivity contribution in [3.63, 3.8) is 0 Å². The summed E-state index contributed by atoms with van der Waals surface area (Å²) in [6.45, 7) is 1.58.